The van der Waals surface area contributed by atoms with Crippen molar-refractivity contribution in [1.29, 1.82) is 0 Å². The molecule has 9 heteroatoms. The molecular formula is C12H12F4N2O3. The summed E-state index contributed by atoms with van der Waals surface area (Å²) in [6.07, 6.45) is -3.88. The number of urea groups is 1. The summed E-state index contributed by atoms with van der Waals surface area (Å²) < 4.78 is 49.0. The van der Waals surface area contributed by atoms with E-state index in [-0.39, 0.29) is 11.3 Å². The Morgan fingerprint density at radius 2 is 1.95 bits per heavy atom. The number of benzene rings is 1. The lowest BCUT2D eigenvalue weighted by molar-refractivity contribution is -0.123. The highest BCUT2D eigenvalue weighted by Gasteiger charge is 2.40. The average molecular weight is 308 g/mol. The van der Waals surface area contributed by atoms with Crippen molar-refractivity contribution in [3.63, 3.8) is 0 Å². The van der Waals surface area contributed by atoms with Crippen molar-refractivity contribution in [2.75, 3.05) is 11.9 Å². The number of halogens is 4. The molecule has 1 aromatic carbocycles. The number of aromatic carboxylic acids is 1. The second-order valence-corrected chi connectivity index (χ2v) is 4.20. The molecule has 21 heavy (non-hydrogen) atoms. The predicted molar refractivity (Wildman–Crippen MR) is 66.1 cm³/mol. The van der Waals surface area contributed by atoms with Gasteiger partial charge in [-0.3, -0.25) is 0 Å². The van der Waals surface area contributed by atoms with Gasteiger partial charge in [-0.15, -0.1) is 0 Å². The molecule has 0 unspecified atom stereocenters. The summed E-state index contributed by atoms with van der Waals surface area (Å²) in [6.45, 7) is -0.0153. The highest BCUT2D eigenvalue weighted by molar-refractivity contribution is 5.92. The molecule has 0 aliphatic heterocycles. The zero-order chi connectivity index (χ0) is 16.2. The first-order valence-corrected chi connectivity index (χ1v) is 5.68. The van der Waals surface area contributed by atoms with Crippen LogP contribution in [0.5, 0.6) is 0 Å². The van der Waals surface area contributed by atoms with Gasteiger partial charge in [-0.1, -0.05) is 0 Å². The van der Waals surface area contributed by atoms with Crippen molar-refractivity contribution in [2.45, 2.75) is 19.3 Å². The molecule has 0 aliphatic rings. The average Bonchev–Trinajstić information content (AvgIpc) is 2.38. The molecule has 0 aliphatic carbocycles. The number of carboxylic acid groups (broad SMARTS) is 1. The Hall–Kier alpha value is -2.32. The van der Waals surface area contributed by atoms with Gasteiger partial charge in [0.05, 0.1) is 12.1 Å². The maximum absolute atomic E-state index is 12.6. The minimum Gasteiger partial charge on any atom is -0.478 e. The molecule has 0 aromatic heterocycles. The molecule has 3 N–H and O–H groups in total. The van der Waals surface area contributed by atoms with Crippen LogP contribution in [-0.4, -0.2) is 36.0 Å². The Labute approximate surface area is 117 Å². The molecule has 0 saturated carbocycles. The van der Waals surface area contributed by atoms with Crippen molar-refractivity contribution >= 4 is 17.7 Å². The van der Waals surface area contributed by atoms with Gasteiger partial charge in [0.25, 0.3) is 0 Å². The molecule has 116 valence electrons. The molecule has 1 aromatic rings. The summed E-state index contributed by atoms with van der Waals surface area (Å²) in [5.41, 5.74) is 0.547. The van der Waals surface area contributed by atoms with Gasteiger partial charge in [0.2, 0.25) is 0 Å². The molecule has 5 nitrogen and oxygen atoms in total. The standard InChI is InChI=1S/C12H12F4N2O3/c1-6-4-7(9(19)20)2-3-8(6)18-11(21)17-5-12(15,16)10(13)14/h2-4,10H,5H2,1H3,(H,19,20)(H2,17,18,21). The lowest BCUT2D eigenvalue weighted by Gasteiger charge is -2.16. The van der Waals surface area contributed by atoms with E-state index in [0.29, 0.717) is 5.56 Å². The van der Waals surface area contributed by atoms with Crippen LogP contribution < -0.4 is 10.6 Å². The van der Waals surface area contributed by atoms with Crippen LogP contribution in [0.2, 0.25) is 0 Å². The molecule has 2 amide bonds. The lowest BCUT2D eigenvalue weighted by Crippen LogP contribution is -2.43. The number of amides is 2. The Balaban J connectivity index is 2.66. The number of aryl methyl sites for hydroxylation is 1. The number of rotatable bonds is 5. The van der Waals surface area contributed by atoms with E-state index in [0.717, 1.165) is 0 Å². The normalized spacial score (nSPS) is 11.3. The second-order valence-electron chi connectivity index (χ2n) is 4.20. The Morgan fingerprint density at radius 1 is 1.33 bits per heavy atom. The van der Waals surface area contributed by atoms with E-state index in [1.54, 1.807) is 5.32 Å². The van der Waals surface area contributed by atoms with E-state index < -0.39 is 30.9 Å². The minimum atomic E-state index is -4.32. The van der Waals surface area contributed by atoms with Crippen molar-refractivity contribution in [2.24, 2.45) is 0 Å². The third-order valence-corrected chi connectivity index (χ3v) is 2.53. The summed E-state index contributed by atoms with van der Waals surface area (Å²) in [5, 5.41) is 12.5. The maximum atomic E-state index is 12.6. The van der Waals surface area contributed by atoms with Crippen molar-refractivity contribution in [1.82, 2.24) is 5.32 Å². The quantitative estimate of drug-likeness (QED) is 0.732. The second kappa shape index (κ2) is 6.42. The van der Waals surface area contributed by atoms with Crippen LogP contribution in [0.3, 0.4) is 0 Å². The Kier molecular flexibility index (Phi) is 5.12. The first-order chi connectivity index (χ1) is 9.63. The summed E-state index contributed by atoms with van der Waals surface area (Å²) in [4.78, 5) is 22.0. The topological polar surface area (TPSA) is 78.4 Å². The van der Waals surface area contributed by atoms with Crippen LogP contribution in [0.25, 0.3) is 0 Å². The molecule has 0 radical (unpaired) electrons. The lowest BCUT2D eigenvalue weighted by atomic mass is 10.1. The third kappa shape index (κ3) is 4.62. The highest BCUT2D eigenvalue weighted by atomic mass is 19.3. The van der Waals surface area contributed by atoms with E-state index >= 15 is 0 Å². The van der Waals surface area contributed by atoms with E-state index in [9.17, 15) is 27.2 Å². The van der Waals surface area contributed by atoms with Crippen LogP contribution in [0.4, 0.5) is 28.0 Å². The fourth-order valence-electron chi connectivity index (χ4n) is 1.38. The van der Waals surface area contributed by atoms with Gasteiger partial charge in [-0.05, 0) is 30.7 Å². The SMILES string of the molecule is Cc1cc(C(=O)O)ccc1NC(=O)NCC(F)(F)C(F)F. The van der Waals surface area contributed by atoms with Crippen molar-refractivity contribution < 1.29 is 32.3 Å². The highest BCUT2D eigenvalue weighted by Crippen LogP contribution is 2.21. The van der Waals surface area contributed by atoms with Crippen LogP contribution in [0, 0.1) is 6.92 Å². The van der Waals surface area contributed by atoms with Gasteiger partial charge in [0, 0.05) is 5.69 Å². The number of carbonyl (C=O) groups is 2. The molecule has 0 bridgehead atoms. The van der Waals surface area contributed by atoms with Crippen LogP contribution in [0.1, 0.15) is 15.9 Å². The van der Waals surface area contributed by atoms with E-state index in [2.05, 4.69) is 5.32 Å². The van der Waals surface area contributed by atoms with Crippen molar-refractivity contribution in [3.8, 4) is 0 Å². The maximum Gasteiger partial charge on any atom is 0.335 e. The molecule has 0 fully saturated rings. The Bertz CT molecular complexity index is 549. The number of hydrogen-bond donors (Lipinski definition) is 3. The number of hydrogen-bond acceptors (Lipinski definition) is 2. The predicted octanol–water partition coefficient (Wildman–Crippen LogP) is 2.72. The molecular weight excluding hydrogens is 296 g/mol. The Morgan fingerprint density at radius 3 is 2.43 bits per heavy atom. The van der Waals surface area contributed by atoms with E-state index in [4.69, 9.17) is 5.11 Å². The number of anilines is 1. The molecule has 0 atom stereocenters. The van der Waals surface area contributed by atoms with Gasteiger partial charge < -0.3 is 15.7 Å². The first kappa shape index (κ1) is 16.7. The largest absolute Gasteiger partial charge is 0.478 e. The summed E-state index contributed by atoms with van der Waals surface area (Å²) in [7, 11) is 0. The minimum absolute atomic E-state index is 0.0114. The van der Waals surface area contributed by atoms with E-state index in [1.807, 2.05) is 0 Å². The number of carbonyl (C=O) groups excluding carboxylic acids is 1. The van der Waals surface area contributed by atoms with Gasteiger partial charge in [-0.2, -0.15) is 8.78 Å². The summed E-state index contributed by atoms with van der Waals surface area (Å²) in [5.74, 6) is -5.48. The monoisotopic (exact) mass is 308 g/mol. The van der Waals surface area contributed by atoms with Crippen LogP contribution in [0.15, 0.2) is 18.2 Å². The molecule has 0 saturated heterocycles. The number of nitrogens with one attached hydrogen (secondary N) is 2. The molecule has 1 rings (SSSR count). The smallest absolute Gasteiger partial charge is 0.335 e. The zero-order valence-electron chi connectivity index (χ0n) is 10.8. The number of alkyl halides is 4. The van der Waals surface area contributed by atoms with Gasteiger partial charge in [-0.25, -0.2) is 18.4 Å². The molecule has 0 spiro atoms. The number of carboxylic acids is 1. The van der Waals surface area contributed by atoms with E-state index in [1.165, 1.54) is 25.1 Å². The van der Waals surface area contributed by atoms with Crippen LogP contribution >= 0.6 is 0 Å². The van der Waals surface area contributed by atoms with Gasteiger partial charge in [0.15, 0.2) is 0 Å². The third-order valence-electron chi connectivity index (χ3n) is 2.53. The summed E-state index contributed by atoms with van der Waals surface area (Å²) in [6, 6.07) is 2.65. The molecule has 0 heterocycles. The van der Waals surface area contributed by atoms with Crippen molar-refractivity contribution in [3.05, 3.63) is 29.3 Å². The van der Waals surface area contributed by atoms with Gasteiger partial charge in [0.1, 0.15) is 0 Å². The fraction of sp³-hybridized carbons (Fsp3) is 0.333. The fourth-order valence-corrected chi connectivity index (χ4v) is 1.38. The van der Waals surface area contributed by atoms with Gasteiger partial charge >= 0.3 is 24.3 Å². The van der Waals surface area contributed by atoms with Crippen LogP contribution in [-0.2, 0) is 0 Å². The summed E-state index contributed by atoms with van der Waals surface area (Å²) >= 11 is 0. The first-order valence-electron chi connectivity index (χ1n) is 5.68. The zero-order valence-corrected chi connectivity index (χ0v) is 10.8.